The molecule has 2 aromatic carbocycles. The molecule has 0 atom stereocenters. The number of aromatic nitrogens is 2. The van der Waals surface area contributed by atoms with Crippen LogP contribution < -0.4 is 4.74 Å². The topological polar surface area (TPSA) is 68.4 Å². The van der Waals surface area contributed by atoms with Crippen molar-refractivity contribution in [1.82, 2.24) is 10.1 Å². The zero-order valence-electron chi connectivity index (χ0n) is 11.6. The number of benzene rings is 2. The monoisotopic (exact) mass is 300 g/mol. The lowest BCUT2D eigenvalue weighted by atomic mass is 10.2. The van der Waals surface area contributed by atoms with Crippen LogP contribution >= 0.6 is 0 Å². The summed E-state index contributed by atoms with van der Waals surface area (Å²) in [7, 11) is 0. The fourth-order valence-electron chi connectivity index (χ4n) is 1.86. The van der Waals surface area contributed by atoms with Crippen LogP contribution in [0.4, 0.5) is 4.39 Å². The highest BCUT2D eigenvalue weighted by Crippen LogP contribution is 2.18. The molecule has 0 aliphatic carbocycles. The third kappa shape index (κ3) is 3.29. The molecular formula is C16H13FN2O3. The minimum Gasteiger partial charge on any atom is -0.485 e. The van der Waals surface area contributed by atoms with Gasteiger partial charge in [-0.3, -0.25) is 0 Å². The van der Waals surface area contributed by atoms with Crippen LogP contribution in [0.2, 0.25) is 0 Å². The van der Waals surface area contributed by atoms with Crippen LogP contribution in [0.1, 0.15) is 11.4 Å². The highest BCUT2D eigenvalue weighted by molar-refractivity contribution is 5.52. The third-order valence-electron chi connectivity index (χ3n) is 3.03. The predicted molar refractivity (Wildman–Crippen MR) is 76.4 cm³/mol. The molecule has 0 radical (unpaired) electrons. The number of aliphatic hydroxyl groups excluding tert-OH is 1. The van der Waals surface area contributed by atoms with Crippen molar-refractivity contribution < 1.29 is 18.8 Å². The minimum absolute atomic E-state index is 0.00779. The summed E-state index contributed by atoms with van der Waals surface area (Å²) in [6.45, 7) is 0.148. The molecule has 1 heterocycles. The van der Waals surface area contributed by atoms with Crippen LogP contribution in [-0.4, -0.2) is 15.2 Å². The molecule has 1 N–H and O–H groups in total. The van der Waals surface area contributed by atoms with Crippen LogP contribution in [0.5, 0.6) is 5.75 Å². The fourth-order valence-corrected chi connectivity index (χ4v) is 1.86. The van der Waals surface area contributed by atoms with Gasteiger partial charge in [0.05, 0.1) is 6.61 Å². The first kappa shape index (κ1) is 14.2. The van der Waals surface area contributed by atoms with Gasteiger partial charge in [-0.05, 0) is 42.0 Å². The standard InChI is InChI=1S/C16H13FN2O3/c17-13-5-3-12(4-6-13)16-18-15(19-22-16)10-21-14-7-1-11(9-20)2-8-14/h1-8,20H,9-10H2. The predicted octanol–water partition coefficient (Wildman–Crippen LogP) is 2.95. The zero-order chi connectivity index (χ0) is 15.4. The van der Waals surface area contributed by atoms with Crippen molar-refractivity contribution in [3.63, 3.8) is 0 Å². The lowest BCUT2D eigenvalue weighted by Crippen LogP contribution is -1.97. The molecule has 0 spiro atoms. The van der Waals surface area contributed by atoms with Gasteiger partial charge in [-0.15, -0.1) is 0 Å². The van der Waals surface area contributed by atoms with Gasteiger partial charge < -0.3 is 14.4 Å². The SMILES string of the molecule is OCc1ccc(OCc2noc(-c3ccc(F)cc3)n2)cc1. The summed E-state index contributed by atoms with van der Waals surface area (Å²) >= 11 is 0. The average molecular weight is 300 g/mol. The Balaban J connectivity index is 1.65. The van der Waals surface area contributed by atoms with E-state index in [1.807, 2.05) is 0 Å². The van der Waals surface area contributed by atoms with E-state index in [0.29, 0.717) is 23.0 Å². The normalized spacial score (nSPS) is 10.6. The first-order chi connectivity index (χ1) is 10.7. The maximum atomic E-state index is 12.9. The van der Waals surface area contributed by atoms with Gasteiger partial charge in [0.2, 0.25) is 5.82 Å². The fraction of sp³-hybridized carbons (Fsp3) is 0.125. The van der Waals surface area contributed by atoms with Crippen molar-refractivity contribution in [2.75, 3.05) is 0 Å². The summed E-state index contributed by atoms with van der Waals surface area (Å²) in [5.41, 5.74) is 1.46. The van der Waals surface area contributed by atoms with Crippen LogP contribution in [0.3, 0.4) is 0 Å². The smallest absolute Gasteiger partial charge is 0.258 e. The second kappa shape index (κ2) is 6.36. The maximum absolute atomic E-state index is 12.9. The number of halogens is 1. The van der Waals surface area contributed by atoms with E-state index in [1.165, 1.54) is 12.1 Å². The summed E-state index contributed by atoms with van der Waals surface area (Å²) in [4.78, 5) is 4.19. The number of aliphatic hydroxyl groups is 1. The summed E-state index contributed by atoms with van der Waals surface area (Å²) < 4.78 is 23.5. The van der Waals surface area contributed by atoms with E-state index in [4.69, 9.17) is 14.4 Å². The highest BCUT2D eigenvalue weighted by Gasteiger charge is 2.09. The molecular weight excluding hydrogens is 287 g/mol. The largest absolute Gasteiger partial charge is 0.485 e. The van der Waals surface area contributed by atoms with Crippen LogP contribution in [0, 0.1) is 5.82 Å². The van der Waals surface area contributed by atoms with E-state index >= 15 is 0 Å². The molecule has 22 heavy (non-hydrogen) atoms. The van der Waals surface area contributed by atoms with Crippen LogP contribution in [-0.2, 0) is 13.2 Å². The van der Waals surface area contributed by atoms with Crippen molar-refractivity contribution >= 4 is 0 Å². The van der Waals surface area contributed by atoms with Gasteiger partial charge >= 0.3 is 0 Å². The molecule has 0 fully saturated rings. The summed E-state index contributed by atoms with van der Waals surface area (Å²) in [5.74, 6) is 1.03. The minimum atomic E-state index is -0.321. The van der Waals surface area contributed by atoms with Crippen molar-refractivity contribution in [2.45, 2.75) is 13.2 Å². The Bertz CT molecular complexity index is 739. The molecule has 0 aliphatic heterocycles. The van der Waals surface area contributed by atoms with E-state index < -0.39 is 0 Å². The van der Waals surface area contributed by atoms with Gasteiger partial charge in [0.1, 0.15) is 11.6 Å². The Morgan fingerprint density at radius 2 is 1.77 bits per heavy atom. The van der Waals surface area contributed by atoms with Crippen molar-refractivity contribution in [3.05, 3.63) is 65.7 Å². The Kier molecular flexibility index (Phi) is 4.11. The molecule has 3 rings (SSSR count). The first-order valence-electron chi connectivity index (χ1n) is 6.66. The third-order valence-corrected chi connectivity index (χ3v) is 3.03. The first-order valence-corrected chi connectivity index (χ1v) is 6.66. The average Bonchev–Trinajstić information content (AvgIpc) is 3.03. The molecule has 0 bridgehead atoms. The van der Waals surface area contributed by atoms with E-state index in [9.17, 15) is 4.39 Å². The number of hydrogen-bond acceptors (Lipinski definition) is 5. The Hall–Kier alpha value is -2.73. The summed E-state index contributed by atoms with van der Waals surface area (Å²) in [6.07, 6.45) is 0. The number of rotatable bonds is 5. The van der Waals surface area contributed by atoms with Gasteiger partial charge in [-0.1, -0.05) is 17.3 Å². The number of hydrogen-bond donors (Lipinski definition) is 1. The zero-order valence-corrected chi connectivity index (χ0v) is 11.6. The van der Waals surface area contributed by atoms with E-state index in [0.717, 1.165) is 5.56 Å². The van der Waals surface area contributed by atoms with Crippen molar-refractivity contribution in [2.24, 2.45) is 0 Å². The van der Waals surface area contributed by atoms with Crippen molar-refractivity contribution in [3.8, 4) is 17.2 Å². The highest BCUT2D eigenvalue weighted by atomic mass is 19.1. The molecule has 0 unspecified atom stereocenters. The summed E-state index contributed by atoms with van der Waals surface area (Å²) in [5, 5.41) is 12.8. The molecule has 0 amide bonds. The molecule has 0 saturated heterocycles. The van der Waals surface area contributed by atoms with E-state index in [-0.39, 0.29) is 19.0 Å². The number of ether oxygens (including phenoxy) is 1. The Morgan fingerprint density at radius 1 is 1.05 bits per heavy atom. The van der Waals surface area contributed by atoms with Gasteiger partial charge in [-0.25, -0.2) is 4.39 Å². The molecule has 5 nitrogen and oxygen atoms in total. The molecule has 6 heteroatoms. The second-order valence-electron chi connectivity index (χ2n) is 4.61. The number of nitrogens with zero attached hydrogens (tertiary/aromatic N) is 2. The van der Waals surface area contributed by atoms with Gasteiger partial charge in [0.25, 0.3) is 5.89 Å². The van der Waals surface area contributed by atoms with E-state index in [2.05, 4.69) is 10.1 Å². The van der Waals surface area contributed by atoms with E-state index in [1.54, 1.807) is 36.4 Å². The Morgan fingerprint density at radius 3 is 2.45 bits per heavy atom. The molecule has 1 aromatic heterocycles. The molecule has 0 saturated carbocycles. The quantitative estimate of drug-likeness (QED) is 0.784. The molecule has 112 valence electrons. The van der Waals surface area contributed by atoms with Gasteiger partial charge in [0, 0.05) is 5.56 Å². The maximum Gasteiger partial charge on any atom is 0.258 e. The van der Waals surface area contributed by atoms with Crippen molar-refractivity contribution in [1.29, 1.82) is 0 Å². The van der Waals surface area contributed by atoms with Crippen LogP contribution in [0.25, 0.3) is 11.5 Å². The molecule has 3 aromatic rings. The summed E-state index contributed by atoms with van der Waals surface area (Å²) in [6, 6.07) is 12.9. The molecule has 0 aliphatic rings. The van der Waals surface area contributed by atoms with Gasteiger partial charge in [-0.2, -0.15) is 4.98 Å². The van der Waals surface area contributed by atoms with Crippen LogP contribution in [0.15, 0.2) is 53.1 Å². The lowest BCUT2D eigenvalue weighted by Gasteiger charge is -2.03. The Labute approximate surface area is 126 Å². The van der Waals surface area contributed by atoms with Gasteiger partial charge in [0.15, 0.2) is 6.61 Å². The lowest BCUT2D eigenvalue weighted by molar-refractivity contribution is 0.279. The second-order valence-corrected chi connectivity index (χ2v) is 4.61.